The molecule has 0 saturated carbocycles. The average molecular weight is 355 g/mol. The summed E-state index contributed by atoms with van der Waals surface area (Å²) >= 11 is 0. The maximum absolute atomic E-state index is 11.6. The summed E-state index contributed by atoms with van der Waals surface area (Å²) < 4.78 is 0. The van der Waals surface area contributed by atoms with Crippen molar-refractivity contribution in [1.82, 2.24) is 0 Å². The Bertz CT molecular complexity index is 860. The summed E-state index contributed by atoms with van der Waals surface area (Å²) in [5.74, 6) is -0.0172. The highest BCUT2D eigenvalue weighted by Gasteiger charge is 2.28. The normalized spacial score (nSPS) is 12.5. The van der Waals surface area contributed by atoms with Gasteiger partial charge in [0.2, 0.25) is 0 Å². The molecule has 1 N–H and O–H groups in total. The zero-order chi connectivity index (χ0) is 19.7. The molecular formula is C20H25N3O3. The first-order valence-electron chi connectivity index (χ1n) is 8.44. The van der Waals surface area contributed by atoms with E-state index in [4.69, 9.17) is 0 Å². The minimum absolute atomic E-state index is 0.0172. The van der Waals surface area contributed by atoms with E-state index in [0.29, 0.717) is 5.56 Å². The van der Waals surface area contributed by atoms with Crippen molar-refractivity contribution in [2.24, 2.45) is 10.2 Å². The molecule has 0 aliphatic carbocycles. The van der Waals surface area contributed by atoms with Gasteiger partial charge in [0, 0.05) is 5.56 Å². The van der Waals surface area contributed by atoms with Gasteiger partial charge < -0.3 is 5.11 Å². The first kappa shape index (κ1) is 19.6. The molecule has 0 atom stereocenters. The lowest BCUT2D eigenvalue weighted by Gasteiger charge is -2.19. The van der Waals surface area contributed by atoms with E-state index in [1.807, 2.05) is 26.8 Å². The molecule has 0 aliphatic heterocycles. The van der Waals surface area contributed by atoms with Crippen molar-refractivity contribution in [3.63, 3.8) is 0 Å². The molecule has 0 amide bonds. The number of nitro groups is 1. The SMILES string of the molecule is CC(C)(C)c1ccc(O)c(/N=N/c2cccc(C(C)(C)C)c2[N+](=O)[O-])c1. The van der Waals surface area contributed by atoms with Crippen molar-refractivity contribution < 1.29 is 10.0 Å². The van der Waals surface area contributed by atoms with Crippen LogP contribution in [0.15, 0.2) is 46.6 Å². The van der Waals surface area contributed by atoms with Crippen molar-refractivity contribution in [3.8, 4) is 5.75 Å². The summed E-state index contributed by atoms with van der Waals surface area (Å²) in [5.41, 5.74) is 1.46. The molecule has 6 heteroatoms. The van der Waals surface area contributed by atoms with Crippen LogP contribution in [0.1, 0.15) is 52.7 Å². The fraction of sp³-hybridized carbons (Fsp3) is 0.400. The van der Waals surface area contributed by atoms with E-state index in [-0.39, 0.29) is 28.2 Å². The van der Waals surface area contributed by atoms with Crippen LogP contribution in [-0.4, -0.2) is 10.0 Å². The summed E-state index contributed by atoms with van der Waals surface area (Å²) in [5, 5.41) is 29.8. The third-order valence-electron chi connectivity index (χ3n) is 4.11. The molecule has 0 unspecified atom stereocenters. The van der Waals surface area contributed by atoms with Crippen molar-refractivity contribution in [2.75, 3.05) is 0 Å². The van der Waals surface area contributed by atoms with Gasteiger partial charge in [-0.25, -0.2) is 0 Å². The number of hydrogen-bond donors (Lipinski definition) is 1. The summed E-state index contributed by atoms with van der Waals surface area (Å²) in [6, 6.07) is 10.2. The number of phenolic OH excluding ortho intramolecular Hbond substituents is 1. The molecule has 0 saturated heterocycles. The van der Waals surface area contributed by atoms with Crippen LogP contribution in [0, 0.1) is 10.1 Å². The smallest absolute Gasteiger partial charge is 0.300 e. The summed E-state index contributed by atoms with van der Waals surface area (Å²) in [6.07, 6.45) is 0. The maximum Gasteiger partial charge on any atom is 0.300 e. The van der Waals surface area contributed by atoms with Gasteiger partial charge in [0.15, 0.2) is 5.69 Å². The molecule has 2 aromatic rings. The lowest BCUT2D eigenvalue weighted by atomic mass is 9.85. The van der Waals surface area contributed by atoms with Crippen molar-refractivity contribution in [3.05, 3.63) is 57.6 Å². The van der Waals surface area contributed by atoms with E-state index in [1.165, 1.54) is 0 Å². The van der Waals surface area contributed by atoms with E-state index in [0.717, 1.165) is 5.56 Å². The Balaban J connectivity index is 2.54. The van der Waals surface area contributed by atoms with Crippen LogP contribution in [0.3, 0.4) is 0 Å². The van der Waals surface area contributed by atoms with Gasteiger partial charge in [-0.05, 0) is 34.6 Å². The second-order valence-corrected chi connectivity index (χ2v) is 8.33. The second kappa shape index (κ2) is 6.86. The molecule has 0 aromatic heterocycles. The van der Waals surface area contributed by atoms with Gasteiger partial charge in [0.1, 0.15) is 11.4 Å². The van der Waals surface area contributed by atoms with Gasteiger partial charge in [-0.15, -0.1) is 10.2 Å². The standard InChI is InChI=1S/C20H25N3O3/c1-19(2,3)13-10-11-17(24)16(12-13)22-21-15-9-7-8-14(20(4,5)6)18(15)23(25)26/h7-12,24H,1-6H3/b22-21+. The lowest BCUT2D eigenvalue weighted by molar-refractivity contribution is -0.385. The summed E-state index contributed by atoms with van der Waals surface area (Å²) in [6.45, 7) is 11.9. The van der Waals surface area contributed by atoms with Gasteiger partial charge in [-0.2, -0.15) is 0 Å². The molecule has 0 heterocycles. The fourth-order valence-electron chi connectivity index (χ4n) is 2.59. The molecule has 0 fully saturated rings. The number of phenols is 1. The zero-order valence-corrected chi connectivity index (χ0v) is 16.1. The number of azo groups is 1. The Morgan fingerprint density at radius 3 is 2.08 bits per heavy atom. The Morgan fingerprint density at radius 2 is 1.54 bits per heavy atom. The summed E-state index contributed by atoms with van der Waals surface area (Å²) in [4.78, 5) is 11.2. The van der Waals surface area contributed by atoms with Crippen LogP contribution < -0.4 is 0 Å². The molecule has 6 nitrogen and oxygen atoms in total. The molecule has 0 spiro atoms. The topological polar surface area (TPSA) is 88.1 Å². The molecular weight excluding hydrogens is 330 g/mol. The van der Waals surface area contributed by atoms with Crippen LogP contribution in [0.4, 0.5) is 17.1 Å². The van der Waals surface area contributed by atoms with Crippen LogP contribution >= 0.6 is 0 Å². The quantitative estimate of drug-likeness (QED) is 0.397. The van der Waals surface area contributed by atoms with Crippen LogP contribution in [0.2, 0.25) is 0 Å². The third-order valence-corrected chi connectivity index (χ3v) is 4.11. The summed E-state index contributed by atoms with van der Waals surface area (Å²) in [7, 11) is 0. The van der Waals surface area contributed by atoms with Gasteiger partial charge in [-0.1, -0.05) is 59.7 Å². The maximum atomic E-state index is 11.6. The number of para-hydroxylation sites is 1. The largest absolute Gasteiger partial charge is 0.506 e. The number of nitrogens with zero attached hydrogens (tertiary/aromatic N) is 3. The van der Waals surface area contributed by atoms with Gasteiger partial charge >= 0.3 is 0 Å². The van der Waals surface area contributed by atoms with E-state index >= 15 is 0 Å². The molecule has 26 heavy (non-hydrogen) atoms. The van der Waals surface area contributed by atoms with E-state index < -0.39 is 10.3 Å². The average Bonchev–Trinajstić information content (AvgIpc) is 2.51. The fourth-order valence-corrected chi connectivity index (χ4v) is 2.59. The minimum Gasteiger partial charge on any atom is -0.506 e. The zero-order valence-electron chi connectivity index (χ0n) is 16.1. The molecule has 0 radical (unpaired) electrons. The first-order valence-corrected chi connectivity index (χ1v) is 8.44. The highest BCUT2D eigenvalue weighted by Crippen LogP contribution is 2.40. The number of aromatic hydroxyl groups is 1. The molecule has 0 bridgehead atoms. The van der Waals surface area contributed by atoms with E-state index in [1.54, 1.807) is 30.3 Å². The predicted octanol–water partition coefficient (Wildman–Crippen LogP) is 6.31. The van der Waals surface area contributed by atoms with Crippen LogP contribution in [-0.2, 0) is 10.8 Å². The molecule has 2 aromatic carbocycles. The van der Waals surface area contributed by atoms with E-state index in [2.05, 4.69) is 31.0 Å². The predicted molar refractivity (Wildman–Crippen MR) is 103 cm³/mol. The van der Waals surface area contributed by atoms with Crippen molar-refractivity contribution in [1.29, 1.82) is 0 Å². The highest BCUT2D eigenvalue weighted by molar-refractivity contribution is 5.64. The number of hydrogen-bond acceptors (Lipinski definition) is 5. The van der Waals surface area contributed by atoms with Crippen molar-refractivity contribution in [2.45, 2.75) is 52.4 Å². The van der Waals surface area contributed by atoms with Gasteiger partial charge in [0.25, 0.3) is 5.69 Å². The number of nitro benzene ring substituents is 1. The van der Waals surface area contributed by atoms with E-state index in [9.17, 15) is 15.2 Å². The Hall–Kier alpha value is -2.76. The molecule has 0 aliphatic rings. The van der Waals surface area contributed by atoms with Crippen molar-refractivity contribution >= 4 is 17.1 Å². The van der Waals surface area contributed by atoms with Gasteiger partial charge in [-0.3, -0.25) is 10.1 Å². The minimum atomic E-state index is -0.430. The van der Waals surface area contributed by atoms with Crippen LogP contribution in [0.25, 0.3) is 0 Å². The number of rotatable bonds is 3. The first-order chi connectivity index (χ1) is 11.9. The Kier molecular flexibility index (Phi) is 5.16. The van der Waals surface area contributed by atoms with Gasteiger partial charge in [0.05, 0.1) is 4.92 Å². The molecule has 2 rings (SSSR count). The third kappa shape index (κ3) is 4.25. The second-order valence-electron chi connectivity index (χ2n) is 8.33. The molecule has 138 valence electrons. The Morgan fingerprint density at radius 1 is 0.923 bits per heavy atom. The highest BCUT2D eigenvalue weighted by atomic mass is 16.6. The lowest BCUT2D eigenvalue weighted by Crippen LogP contribution is -2.13. The Labute approximate surface area is 153 Å². The monoisotopic (exact) mass is 355 g/mol. The van der Waals surface area contributed by atoms with Crippen LogP contribution in [0.5, 0.6) is 5.75 Å². The number of benzene rings is 2.